The molecular formula is C11H23BO2. The maximum absolute atomic E-state index is 5.72. The normalized spacial score (nSPS) is 16.2. The molecule has 2 unspecified atom stereocenters. The molecule has 0 amide bonds. The van der Waals surface area contributed by atoms with Gasteiger partial charge in [-0.1, -0.05) is 20.2 Å². The molecule has 14 heavy (non-hydrogen) atoms. The van der Waals surface area contributed by atoms with E-state index in [4.69, 9.17) is 17.3 Å². The average molecular weight is 198 g/mol. The zero-order valence-corrected chi connectivity index (χ0v) is 10.1. The van der Waals surface area contributed by atoms with Gasteiger partial charge in [-0.2, -0.15) is 0 Å². The van der Waals surface area contributed by atoms with E-state index >= 15 is 0 Å². The molecule has 0 spiro atoms. The molecule has 0 N–H and O–H groups in total. The average Bonchev–Trinajstić information content (AvgIpc) is 2.10. The summed E-state index contributed by atoms with van der Waals surface area (Å²) in [7, 11) is 7.44. The van der Waals surface area contributed by atoms with Gasteiger partial charge in [0, 0.05) is 7.11 Å². The van der Waals surface area contributed by atoms with E-state index in [1.807, 2.05) is 13.8 Å². The first-order valence-electron chi connectivity index (χ1n) is 5.37. The Morgan fingerprint density at radius 2 is 1.71 bits per heavy atom. The lowest BCUT2D eigenvalue weighted by atomic mass is 9.80. The molecule has 0 saturated carbocycles. The van der Waals surface area contributed by atoms with Gasteiger partial charge in [0.15, 0.2) is 0 Å². The van der Waals surface area contributed by atoms with Crippen molar-refractivity contribution in [1.29, 1.82) is 0 Å². The van der Waals surface area contributed by atoms with Crippen LogP contribution < -0.4 is 0 Å². The van der Waals surface area contributed by atoms with Crippen molar-refractivity contribution in [2.45, 2.75) is 46.2 Å². The first-order valence-corrected chi connectivity index (χ1v) is 5.37. The molecule has 0 aromatic carbocycles. The molecule has 0 aliphatic heterocycles. The fraction of sp³-hybridized carbons (Fsp3) is 1.00. The summed E-state index contributed by atoms with van der Waals surface area (Å²) in [5.74, 6) is 0.902. The van der Waals surface area contributed by atoms with Crippen molar-refractivity contribution >= 4 is 7.85 Å². The fourth-order valence-electron chi connectivity index (χ4n) is 1.51. The number of hydrogen-bond donors (Lipinski definition) is 0. The van der Waals surface area contributed by atoms with Crippen LogP contribution in [0.5, 0.6) is 0 Å². The molecule has 2 nitrogen and oxygen atoms in total. The highest BCUT2D eigenvalue weighted by Gasteiger charge is 2.22. The summed E-state index contributed by atoms with van der Waals surface area (Å²) < 4.78 is 11.0. The van der Waals surface area contributed by atoms with Gasteiger partial charge in [0.25, 0.3) is 0 Å². The highest BCUT2D eigenvalue weighted by atomic mass is 16.5. The quantitative estimate of drug-likeness (QED) is 0.584. The van der Waals surface area contributed by atoms with Crippen LogP contribution in [-0.4, -0.2) is 33.8 Å². The molecule has 2 radical (unpaired) electrons. The van der Waals surface area contributed by atoms with Gasteiger partial charge in [-0.05, 0) is 25.7 Å². The lowest BCUT2D eigenvalue weighted by Gasteiger charge is -2.28. The van der Waals surface area contributed by atoms with Crippen LogP contribution >= 0.6 is 0 Å². The third-order valence-electron chi connectivity index (χ3n) is 2.50. The van der Waals surface area contributed by atoms with Crippen LogP contribution in [0, 0.1) is 11.8 Å². The molecular weight excluding hydrogens is 175 g/mol. The van der Waals surface area contributed by atoms with E-state index in [0.29, 0.717) is 24.8 Å². The van der Waals surface area contributed by atoms with E-state index in [2.05, 4.69) is 13.8 Å². The van der Waals surface area contributed by atoms with Gasteiger partial charge in [0.05, 0.1) is 26.7 Å². The van der Waals surface area contributed by atoms with Gasteiger partial charge in [-0.25, -0.2) is 0 Å². The van der Waals surface area contributed by atoms with Gasteiger partial charge in [-0.3, -0.25) is 0 Å². The van der Waals surface area contributed by atoms with Crippen LogP contribution in [-0.2, 0) is 9.47 Å². The molecule has 0 heterocycles. The molecule has 0 aliphatic carbocycles. The van der Waals surface area contributed by atoms with Gasteiger partial charge >= 0.3 is 0 Å². The van der Waals surface area contributed by atoms with Crippen LogP contribution in [0.15, 0.2) is 0 Å². The molecule has 0 rings (SSSR count). The summed E-state index contributed by atoms with van der Waals surface area (Å²) in [6.45, 7) is 9.02. The minimum atomic E-state index is 0.113. The summed E-state index contributed by atoms with van der Waals surface area (Å²) in [6, 6.07) is 0. The summed E-state index contributed by atoms with van der Waals surface area (Å²) in [4.78, 5) is 0. The second kappa shape index (κ2) is 7.30. The summed E-state index contributed by atoms with van der Waals surface area (Å²) in [5.41, 5.74) is 0. The molecule has 0 saturated heterocycles. The molecule has 2 atom stereocenters. The lowest BCUT2D eigenvalue weighted by Crippen LogP contribution is -2.32. The Bertz CT molecular complexity index is 137. The zero-order valence-electron chi connectivity index (χ0n) is 10.1. The highest BCUT2D eigenvalue weighted by molar-refractivity contribution is 6.08. The van der Waals surface area contributed by atoms with Crippen LogP contribution in [0.1, 0.15) is 27.7 Å². The fourth-order valence-corrected chi connectivity index (χ4v) is 1.51. The Hall–Kier alpha value is -0.0151. The predicted octanol–water partition coefficient (Wildman–Crippen LogP) is 2.29. The van der Waals surface area contributed by atoms with Gasteiger partial charge < -0.3 is 9.47 Å². The van der Waals surface area contributed by atoms with Crippen molar-refractivity contribution in [1.82, 2.24) is 0 Å². The van der Waals surface area contributed by atoms with Gasteiger partial charge in [0.2, 0.25) is 0 Å². The topological polar surface area (TPSA) is 18.5 Å². The summed E-state index contributed by atoms with van der Waals surface area (Å²) >= 11 is 0. The smallest absolute Gasteiger partial charge is 0.0828 e. The van der Waals surface area contributed by atoms with E-state index < -0.39 is 0 Å². The Morgan fingerprint density at radius 3 is 2.00 bits per heavy atom. The van der Waals surface area contributed by atoms with Crippen LogP contribution in [0.3, 0.4) is 0 Å². The molecule has 3 heteroatoms. The molecule has 82 valence electrons. The minimum Gasteiger partial charge on any atom is -0.379 e. The molecule has 0 aliphatic rings. The standard InChI is InChI=1S/C11H23BO2/c1-8(2)10(6-12)11(13-5)7-14-9(3)4/h8-11H,6-7H2,1-5H3. The van der Waals surface area contributed by atoms with Crippen molar-refractivity contribution in [2.24, 2.45) is 11.8 Å². The lowest BCUT2D eigenvalue weighted by molar-refractivity contribution is -0.0465. The van der Waals surface area contributed by atoms with Crippen molar-refractivity contribution in [3.63, 3.8) is 0 Å². The van der Waals surface area contributed by atoms with Crippen molar-refractivity contribution in [3.05, 3.63) is 0 Å². The van der Waals surface area contributed by atoms with Gasteiger partial charge in [-0.15, -0.1) is 0 Å². The summed E-state index contributed by atoms with van der Waals surface area (Å²) in [6.07, 6.45) is 1.01. The van der Waals surface area contributed by atoms with E-state index in [1.165, 1.54) is 0 Å². The van der Waals surface area contributed by atoms with E-state index in [-0.39, 0.29) is 12.2 Å². The van der Waals surface area contributed by atoms with E-state index in [0.717, 1.165) is 0 Å². The van der Waals surface area contributed by atoms with Gasteiger partial charge in [0.1, 0.15) is 0 Å². The molecule has 0 aromatic heterocycles. The monoisotopic (exact) mass is 198 g/mol. The molecule has 0 bridgehead atoms. The number of ether oxygens (including phenoxy) is 2. The SMILES string of the molecule is [B]CC(C(C)C)C(COC(C)C)OC. The number of methoxy groups -OCH3 is 1. The Balaban J connectivity index is 4.08. The highest BCUT2D eigenvalue weighted by Crippen LogP contribution is 2.21. The largest absolute Gasteiger partial charge is 0.379 e. The third-order valence-corrected chi connectivity index (χ3v) is 2.50. The van der Waals surface area contributed by atoms with E-state index in [9.17, 15) is 0 Å². The zero-order chi connectivity index (χ0) is 11.1. The Labute approximate surface area is 89.8 Å². The predicted molar refractivity (Wildman–Crippen MR) is 60.8 cm³/mol. The van der Waals surface area contributed by atoms with Crippen molar-refractivity contribution < 1.29 is 9.47 Å². The van der Waals surface area contributed by atoms with Crippen LogP contribution in [0.2, 0.25) is 6.32 Å². The minimum absolute atomic E-state index is 0.113. The molecule has 0 fully saturated rings. The Morgan fingerprint density at radius 1 is 1.14 bits per heavy atom. The number of rotatable bonds is 7. The van der Waals surface area contributed by atoms with Crippen LogP contribution in [0.25, 0.3) is 0 Å². The van der Waals surface area contributed by atoms with Crippen molar-refractivity contribution in [3.8, 4) is 0 Å². The summed E-state index contributed by atoms with van der Waals surface area (Å²) in [5, 5.41) is 0. The Kier molecular flexibility index (Phi) is 7.29. The van der Waals surface area contributed by atoms with Crippen molar-refractivity contribution in [2.75, 3.05) is 13.7 Å². The van der Waals surface area contributed by atoms with E-state index in [1.54, 1.807) is 7.11 Å². The maximum atomic E-state index is 5.72. The second-order valence-corrected chi connectivity index (χ2v) is 4.30. The first-order chi connectivity index (χ1) is 6.52. The third kappa shape index (κ3) is 5.01. The van der Waals surface area contributed by atoms with Crippen LogP contribution in [0.4, 0.5) is 0 Å². The number of hydrogen-bond acceptors (Lipinski definition) is 2. The molecule has 0 aromatic rings. The first kappa shape index (κ1) is 14.0. The second-order valence-electron chi connectivity index (χ2n) is 4.30. The maximum Gasteiger partial charge on any atom is 0.0828 e.